The lowest BCUT2D eigenvalue weighted by Gasteiger charge is -2.17. The molecule has 0 amide bonds. The van der Waals surface area contributed by atoms with Crippen LogP contribution in [0.4, 0.5) is 0 Å². The molecule has 1 fully saturated rings. The van der Waals surface area contributed by atoms with Crippen molar-refractivity contribution < 1.29 is 27.5 Å². The van der Waals surface area contributed by atoms with E-state index in [4.69, 9.17) is 9.15 Å². The molecular weight excluding hydrogens is 482 g/mol. The van der Waals surface area contributed by atoms with Crippen LogP contribution >= 0.6 is 0 Å². The molecule has 1 atom stereocenters. The Morgan fingerprint density at radius 2 is 2.00 bits per heavy atom. The van der Waals surface area contributed by atoms with Crippen LogP contribution in [0.1, 0.15) is 31.7 Å². The normalized spacial score (nSPS) is 16.7. The summed E-state index contributed by atoms with van der Waals surface area (Å²) in [6.45, 7) is 4.33. The molecular formula is C26H27N3O6S. The number of rotatable bonds is 8. The van der Waals surface area contributed by atoms with Gasteiger partial charge in [0.15, 0.2) is 0 Å². The number of nitrogens with zero attached hydrogens (tertiary/aromatic N) is 3. The monoisotopic (exact) mass is 509 g/mol. The summed E-state index contributed by atoms with van der Waals surface area (Å²) in [5, 5.41) is 10.3. The zero-order chi connectivity index (χ0) is 25.4. The summed E-state index contributed by atoms with van der Waals surface area (Å²) in [5.74, 6) is 0.0528. The van der Waals surface area contributed by atoms with E-state index < -0.39 is 16.0 Å². The fraction of sp³-hybridized carbons (Fsp3) is 0.308. The molecule has 0 aliphatic carbocycles. The van der Waals surface area contributed by atoms with Crippen molar-refractivity contribution in [2.24, 2.45) is 0 Å². The van der Waals surface area contributed by atoms with Crippen LogP contribution in [0.2, 0.25) is 0 Å². The first-order chi connectivity index (χ1) is 17.2. The van der Waals surface area contributed by atoms with Gasteiger partial charge in [-0.05, 0) is 62.2 Å². The van der Waals surface area contributed by atoms with Gasteiger partial charge in [0.1, 0.15) is 18.6 Å². The van der Waals surface area contributed by atoms with Crippen LogP contribution in [0.5, 0.6) is 5.75 Å². The van der Waals surface area contributed by atoms with Crippen molar-refractivity contribution in [3.8, 4) is 17.2 Å². The molecule has 1 aliphatic rings. The van der Waals surface area contributed by atoms with Crippen molar-refractivity contribution >= 4 is 26.9 Å². The van der Waals surface area contributed by atoms with E-state index in [0.717, 1.165) is 22.0 Å². The molecule has 1 saturated heterocycles. The molecule has 3 heterocycles. The van der Waals surface area contributed by atoms with Gasteiger partial charge in [0.05, 0.1) is 17.2 Å². The molecule has 10 heteroatoms. The zero-order valence-electron chi connectivity index (χ0n) is 20.0. The Kier molecular flexibility index (Phi) is 6.31. The van der Waals surface area contributed by atoms with Crippen LogP contribution in [-0.4, -0.2) is 52.5 Å². The SMILES string of the molecule is CC(C)Oc1ccc(S(=O)(=O)N2CC[C@@H](c3cn(CC(=O)O)c4cc(-c5ncco5)ccc34)C2)cc1. The number of fused-ring (bicyclic) bond motifs is 1. The van der Waals surface area contributed by atoms with Gasteiger partial charge in [-0.1, -0.05) is 6.07 Å². The number of sulfonamides is 1. The molecule has 0 radical (unpaired) electrons. The lowest BCUT2D eigenvalue weighted by atomic mass is 9.97. The summed E-state index contributed by atoms with van der Waals surface area (Å²) in [6, 6.07) is 12.2. The summed E-state index contributed by atoms with van der Waals surface area (Å²) in [4.78, 5) is 15.9. The summed E-state index contributed by atoms with van der Waals surface area (Å²) in [5.41, 5.74) is 2.41. The van der Waals surface area contributed by atoms with Gasteiger partial charge >= 0.3 is 5.97 Å². The van der Waals surface area contributed by atoms with Crippen molar-refractivity contribution in [2.45, 2.75) is 43.7 Å². The number of oxazole rings is 1. The van der Waals surface area contributed by atoms with Gasteiger partial charge in [-0.15, -0.1) is 0 Å². The van der Waals surface area contributed by atoms with E-state index in [1.165, 1.54) is 10.6 Å². The first kappa shape index (κ1) is 24.1. The van der Waals surface area contributed by atoms with Crippen molar-refractivity contribution in [3.63, 3.8) is 0 Å². The van der Waals surface area contributed by atoms with Gasteiger partial charge in [0.2, 0.25) is 15.9 Å². The van der Waals surface area contributed by atoms with Gasteiger partial charge in [-0.2, -0.15) is 4.31 Å². The predicted octanol–water partition coefficient (Wildman–Crippen LogP) is 4.35. The molecule has 0 saturated carbocycles. The van der Waals surface area contributed by atoms with Crippen LogP contribution in [0.3, 0.4) is 0 Å². The van der Waals surface area contributed by atoms with Crippen molar-refractivity contribution in [1.82, 2.24) is 13.9 Å². The Hall–Kier alpha value is -3.63. The topological polar surface area (TPSA) is 115 Å². The van der Waals surface area contributed by atoms with E-state index in [2.05, 4.69) is 4.98 Å². The summed E-state index contributed by atoms with van der Waals surface area (Å²) < 4.78 is 40.8. The van der Waals surface area contributed by atoms with Gasteiger partial charge in [0, 0.05) is 41.7 Å². The standard InChI is InChI=1S/C26H27N3O6S/c1-17(2)35-20-4-6-21(7-5-20)36(32,33)29-11-9-19(14-29)23-15-28(16-25(30)31)24-13-18(3-8-22(23)24)26-27-10-12-34-26/h3-8,10,12-13,15,17,19H,9,11,14,16H2,1-2H3,(H,30,31)/t19-/m1/s1. The van der Waals surface area contributed by atoms with Crippen LogP contribution in [0, 0.1) is 0 Å². The highest BCUT2D eigenvalue weighted by Gasteiger charge is 2.34. The number of ether oxygens (including phenoxy) is 1. The Morgan fingerprint density at radius 1 is 1.22 bits per heavy atom. The first-order valence-corrected chi connectivity index (χ1v) is 13.2. The van der Waals surface area contributed by atoms with Crippen LogP contribution < -0.4 is 4.74 Å². The number of aromatic nitrogens is 2. The van der Waals surface area contributed by atoms with Crippen LogP contribution in [-0.2, 0) is 21.4 Å². The Labute approximate surface area is 209 Å². The average Bonchev–Trinajstić information content (AvgIpc) is 3.59. The van der Waals surface area contributed by atoms with Crippen molar-refractivity contribution in [3.05, 3.63) is 66.7 Å². The summed E-state index contributed by atoms with van der Waals surface area (Å²) >= 11 is 0. The molecule has 0 spiro atoms. The smallest absolute Gasteiger partial charge is 0.323 e. The fourth-order valence-electron chi connectivity index (χ4n) is 4.73. The lowest BCUT2D eigenvalue weighted by molar-refractivity contribution is -0.137. The maximum atomic E-state index is 13.3. The maximum absolute atomic E-state index is 13.3. The molecule has 5 rings (SSSR count). The molecule has 36 heavy (non-hydrogen) atoms. The minimum Gasteiger partial charge on any atom is -0.491 e. The molecule has 1 aliphatic heterocycles. The molecule has 0 unspecified atom stereocenters. The highest BCUT2D eigenvalue weighted by atomic mass is 32.2. The summed E-state index contributed by atoms with van der Waals surface area (Å²) in [6.07, 6.45) is 5.51. The van der Waals surface area contributed by atoms with E-state index >= 15 is 0 Å². The fourth-order valence-corrected chi connectivity index (χ4v) is 6.23. The molecule has 1 N–H and O–H groups in total. The van der Waals surface area contributed by atoms with Crippen molar-refractivity contribution in [1.29, 1.82) is 0 Å². The second-order valence-electron chi connectivity index (χ2n) is 9.16. The van der Waals surface area contributed by atoms with E-state index in [1.54, 1.807) is 35.0 Å². The van der Waals surface area contributed by atoms with Gasteiger partial charge < -0.3 is 18.8 Å². The van der Waals surface area contributed by atoms with E-state index in [-0.39, 0.29) is 23.5 Å². The highest BCUT2D eigenvalue weighted by Crippen LogP contribution is 2.37. The second kappa shape index (κ2) is 9.44. The number of benzene rings is 2. The molecule has 4 aromatic rings. The largest absolute Gasteiger partial charge is 0.491 e. The van der Waals surface area contributed by atoms with Crippen molar-refractivity contribution in [2.75, 3.05) is 13.1 Å². The Morgan fingerprint density at radius 3 is 2.67 bits per heavy atom. The Balaban J connectivity index is 1.43. The lowest BCUT2D eigenvalue weighted by Crippen LogP contribution is -2.28. The third-order valence-corrected chi connectivity index (χ3v) is 8.20. The van der Waals surface area contributed by atoms with Gasteiger partial charge in [0.25, 0.3) is 0 Å². The molecule has 188 valence electrons. The molecule has 2 aromatic carbocycles. The number of hydrogen-bond donors (Lipinski definition) is 1. The number of carbonyl (C=O) groups is 1. The zero-order valence-corrected chi connectivity index (χ0v) is 20.8. The number of carboxylic acid groups (broad SMARTS) is 1. The van der Waals surface area contributed by atoms with E-state index in [9.17, 15) is 18.3 Å². The second-order valence-corrected chi connectivity index (χ2v) is 11.1. The molecule has 0 bridgehead atoms. The van der Waals surface area contributed by atoms with Crippen LogP contribution in [0.15, 0.2) is 70.4 Å². The maximum Gasteiger partial charge on any atom is 0.323 e. The third kappa shape index (κ3) is 4.61. The number of carboxylic acids is 1. The quantitative estimate of drug-likeness (QED) is 0.376. The third-order valence-electron chi connectivity index (χ3n) is 6.32. The molecule has 2 aromatic heterocycles. The predicted molar refractivity (Wildman–Crippen MR) is 133 cm³/mol. The van der Waals surface area contributed by atoms with E-state index in [0.29, 0.717) is 31.2 Å². The minimum atomic E-state index is -3.67. The van der Waals surface area contributed by atoms with Gasteiger partial charge in [-0.3, -0.25) is 4.79 Å². The van der Waals surface area contributed by atoms with Gasteiger partial charge in [-0.25, -0.2) is 13.4 Å². The number of aliphatic carboxylic acids is 1. The van der Waals surface area contributed by atoms with Crippen LogP contribution in [0.25, 0.3) is 22.4 Å². The Bertz CT molecular complexity index is 1490. The van der Waals surface area contributed by atoms with E-state index in [1.807, 2.05) is 38.2 Å². The molecule has 9 nitrogen and oxygen atoms in total. The average molecular weight is 510 g/mol. The summed E-state index contributed by atoms with van der Waals surface area (Å²) in [7, 11) is -3.67. The first-order valence-electron chi connectivity index (χ1n) is 11.7. The number of hydrogen-bond acceptors (Lipinski definition) is 6. The minimum absolute atomic E-state index is 0.00137. The highest BCUT2D eigenvalue weighted by molar-refractivity contribution is 7.89.